The van der Waals surface area contributed by atoms with Gasteiger partial charge >= 0.3 is 0 Å². The molecule has 2 nitrogen and oxygen atoms in total. The van der Waals surface area contributed by atoms with Crippen LogP contribution in [0.3, 0.4) is 0 Å². The molecule has 0 saturated heterocycles. The van der Waals surface area contributed by atoms with Gasteiger partial charge in [0.15, 0.2) is 0 Å². The number of rotatable bonds is 0. The van der Waals surface area contributed by atoms with Crippen molar-refractivity contribution in [2.45, 2.75) is 38.5 Å². The lowest BCUT2D eigenvalue weighted by Gasteiger charge is -2.45. The van der Waals surface area contributed by atoms with E-state index in [1.165, 1.54) is 32.9 Å². The zero-order valence-corrected chi connectivity index (χ0v) is 14.0. The van der Waals surface area contributed by atoms with E-state index >= 15 is 0 Å². The second-order valence-corrected chi connectivity index (χ2v) is 7.80. The smallest absolute Gasteiger partial charge is 0.145 e. The van der Waals surface area contributed by atoms with Gasteiger partial charge in [-0.15, -0.1) is 0 Å². The molecule has 5 rings (SSSR count). The van der Waals surface area contributed by atoms with Crippen LogP contribution in [0, 0.1) is 0 Å². The lowest BCUT2D eigenvalue weighted by molar-refractivity contribution is 0.288. The van der Waals surface area contributed by atoms with Crippen LogP contribution in [-0.4, -0.2) is 9.38 Å². The molecule has 2 aromatic carbocycles. The van der Waals surface area contributed by atoms with E-state index in [0.717, 1.165) is 5.65 Å². The standard InChI is InChI=1S/C21H20N2/c1-20(2)16-11-7-10-14-13-8-5-6-9-15(13)19-22-12-17(21(20,3)4)23(19)18(14)16/h5-12H,1-4H3. The van der Waals surface area contributed by atoms with Gasteiger partial charge in [0.2, 0.25) is 0 Å². The van der Waals surface area contributed by atoms with Crippen LogP contribution in [0.4, 0.5) is 0 Å². The van der Waals surface area contributed by atoms with Crippen molar-refractivity contribution in [3.8, 4) is 0 Å². The minimum absolute atomic E-state index is 0.0240. The Morgan fingerprint density at radius 1 is 0.783 bits per heavy atom. The number of hydrogen-bond donors (Lipinski definition) is 0. The molecule has 0 unspecified atom stereocenters. The van der Waals surface area contributed by atoms with Crippen LogP contribution < -0.4 is 0 Å². The Bertz CT molecular complexity index is 1110. The summed E-state index contributed by atoms with van der Waals surface area (Å²) < 4.78 is 2.40. The average molecular weight is 300 g/mol. The molecule has 0 aliphatic carbocycles. The molecular formula is C21H20N2. The molecule has 23 heavy (non-hydrogen) atoms. The summed E-state index contributed by atoms with van der Waals surface area (Å²) in [5.41, 5.74) is 5.22. The zero-order valence-electron chi connectivity index (χ0n) is 14.0. The first-order valence-electron chi connectivity index (χ1n) is 8.26. The molecule has 0 N–H and O–H groups in total. The van der Waals surface area contributed by atoms with Crippen molar-refractivity contribution in [3.63, 3.8) is 0 Å². The largest absolute Gasteiger partial charge is 0.295 e. The maximum Gasteiger partial charge on any atom is 0.145 e. The summed E-state index contributed by atoms with van der Waals surface area (Å²) in [5, 5.41) is 3.86. The normalized spacial score (nSPS) is 18.3. The summed E-state index contributed by atoms with van der Waals surface area (Å²) in [4.78, 5) is 4.83. The van der Waals surface area contributed by atoms with E-state index in [1.807, 2.05) is 0 Å². The molecule has 0 atom stereocenters. The summed E-state index contributed by atoms with van der Waals surface area (Å²) in [7, 11) is 0. The quantitative estimate of drug-likeness (QED) is 0.407. The van der Waals surface area contributed by atoms with Crippen molar-refractivity contribution in [3.05, 3.63) is 59.9 Å². The Morgan fingerprint density at radius 3 is 2.26 bits per heavy atom. The van der Waals surface area contributed by atoms with Crippen molar-refractivity contribution in [2.24, 2.45) is 0 Å². The molecule has 2 aromatic heterocycles. The zero-order chi connectivity index (χ0) is 16.0. The topological polar surface area (TPSA) is 17.3 Å². The summed E-state index contributed by atoms with van der Waals surface area (Å²) in [6.07, 6.45) is 2.08. The van der Waals surface area contributed by atoms with Crippen LogP contribution in [0.2, 0.25) is 0 Å². The fraction of sp³-hybridized carbons (Fsp3) is 0.286. The third-order valence-corrected chi connectivity index (χ3v) is 6.36. The molecule has 1 aliphatic rings. The summed E-state index contributed by atoms with van der Waals surface area (Å²) in [6, 6.07) is 15.4. The van der Waals surface area contributed by atoms with E-state index in [9.17, 15) is 0 Å². The molecule has 0 fully saturated rings. The molecule has 0 radical (unpaired) electrons. The highest BCUT2D eigenvalue weighted by atomic mass is 15.0. The Hall–Kier alpha value is -2.35. The number of para-hydroxylation sites is 1. The van der Waals surface area contributed by atoms with E-state index in [0.29, 0.717) is 0 Å². The maximum absolute atomic E-state index is 4.83. The minimum Gasteiger partial charge on any atom is -0.295 e. The second-order valence-electron chi connectivity index (χ2n) is 7.80. The van der Waals surface area contributed by atoms with Crippen LogP contribution in [0.15, 0.2) is 48.7 Å². The molecule has 0 bridgehead atoms. The predicted molar refractivity (Wildman–Crippen MR) is 96.3 cm³/mol. The summed E-state index contributed by atoms with van der Waals surface area (Å²) >= 11 is 0. The molecule has 0 saturated carbocycles. The number of imidazole rings is 1. The van der Waals surface area contributed by atoms with E-state index in [2.05, 4.69) is 80.8 Å². The Kier molecular flexibility index (Phi) is 2.14. The average Bonchev–Trinajstić information content (AvgIpc) is 2.99. The van der Waals surface area contributed by atoms with Gasteiger partial charge in [0, 0.05) is 33.5 Å². The third kappa shape index (κ3) is 1.30. The van der Waals surface area contributed by atoms with Gasteiger partial charge in [-0.2, -0.15) is 0 Å². The monoisotopic (exact) mass is 300 g/mol. The van der Waals surface area contributed by atoms with Crippen molar-refractivity contribution < 1.29 is 0 Å². The van der Waals surface area contributed by atoms with E-state index in [4.69, 9.17) is 4.98 Å². The SMILES string of the molecule is CC1(C)c2cccc3c4ccccc4c4ncc(n4c23)C1(C)C. The predicted octanol–water partition coefficient (Wildman–Crippen LogP) is 5.21. The van der Waals surface area contributed by atoms with E-state index in [-0.39, 0.29) is 10.8 Å². The maximum atomic E-state index is 4.83. The Balaban J connectivity index is 2.22. The molecule has 0 amide bonds. The van der Waals surface area contributed by atoms with Gasteiger partial charge in [-0.1, -0.05) is 70.2 Å². The lowest BCUT2D eigenvalue weighted by Crippen LogP contribution is -2.44. The molecular weight excluding hydrogens is 280 g/mol. The van der Waals surface area contributed by atoms with Crippen LogP contribution >= 0.6 is 0 Å². The van der Waals surface area contributed by atoms with E-state index in [1.54, 1.807) is 0 Å². The van der Waals surface area contributed by atoms with Crippen LogP contribution in [-0.2, 0) is 10.8 Å². The molecule has 1 aliphatic heterocycles. The van der Waals surface area contributed by atoms with Crippen LogP contribution in [0.5, 0.6) is 0 Å². The fourth-order valence-corrected chi connectivity index (χ4v) is 4.28. The first kappa shape index (κ1) is 13.1. The number of fused-ring (bicyclic) bond motifs is 3. The van der Waals surface area contributed by atoms with Gasteiger partial charge < -0.3 is 0 Å². The van der Waals surface area contributed by atoms with E-state index < -0.39 is 0 Å². The second kappa shape index (κ2) is 3.76. The van der Waals surface area contributed by atoms with Gasteiger partial charge in [0.25, 0.3) is 0 Å². The van der Waals surface area contributed by atoms with Gasteiger partial charge in [-0.3, -0.25) is 4.40 Å². The molecule has 2 heteroatoms. The fourth-order valence-electron chi connectivity index (χ4n) is 4.28. The highest BCUT2D eigenvalue weighted by Crippen LogP contribution is 2.50. The van der Waals surface area contributed by atoms with Crippen molar-refractivity contribution in [1.82, 2.24) is 9.38 Å². The third-order valence-electron chi connectivity index (χ3n) is 6.36. The Morgan fingerprint density at radius 2 is 1.48 bits per heavy atom. The highest BCUT2D eigenvalue weighted by molar-refractivity contribution is 6.13. The van der Waals surface area contributed by atoms with Crippen LogP contribution in [0.25, 0.3) is 27.3 Å². The number of aromatic nitrogens is 2. The lowest BCUT2D eigenvalue weighted by atomic mass is 9.61. The van der Waals surface area contributed by atoms with Crippen molar-refractivity contribution >= 4 is 27.3 Å². The molecule has 4 aromatic rings. The summed E-state index contributed by atoms with van der Waals surface area (Å²) in [6.45, 7) is 9.40. The number of hydrogen-bond acceptors (Lipinski definition) is 1. The number of benzene rings is 2. The number of nitrogens with zero attached hydrogens (tertiary/aromatic N) is 2. The summed E-state index contributed by atoms with van der Waals surface area (Å²) in [5.74, 6) is 0. The Labute approximate surface area is 135 Å². The molecule has 0 spiro atoms. The van der Waals surface area contributed by atoms with Gasteiger partial charge in [0.05, 0.1) is 5.52 Å². The first-order valence-corrected chi connectivity index (χ1v) is 8.26. The van der Waals surface area contributed by atoms with Crippen LogP contribution in [0.1, 0.15) is 39.0 Å². The first-order chi connectivity index (χ1) is 10.9. The van der Waals surface area contributed by atoms with Crippen molar-refractivity contribution in [2.75, 3.05) is 0 Å². The molecule has 114 valence electrons. The minimum atomic E-state index is 0.0240. The van der Waals surface area contributed by atoms with Gasteiger partial charge in [0.1, 0.15) is 5.65 Å². The van der Waals surface area contributed by atoms with Gasteiger partial charge in [-0.05, 0) is 10.9 Å². The van der Waals surface area contributed by atoms with Gasteiger partial charge in [-0.25, -0.2) is 4.98 Å². The van der Waals surface area contributed by atoms with Crippen molar-refractivity contribution in [1.29, 1.82) is 0 Å². The highest BCUT2D eigenvalue weighted by Gasteiger charge is 2.46. The molecule has 3 heterocycles. The number of pyridine rings is 1.